The molecule has 1 aromatic heterocycles. The first-order chi connectivity index (χ1) is 9.86. The quantitative estimate of drug-likeness (QED) is 0.912. The number of H-pyrrole nitrogens is 1. The third-order valence-electron chi connectivity index (χ3n) is 3.87. The molecule has 0 spiro atoms. The van der Waals surface area contributed by atoms with Crippen LogP contribution in [0, 0.1) is 13.8 Å². The van der Waals surface area contributed by atoms with E-state index in [4.69, 9.17) is 0 Å². The maximum Gasteiger partial charge on any atom is 0.255 e. The second-order valence-corrected chi connectivity index (χ2v) is 5.53. The Morgan fingerprint density at radius 3 is 2.43 bits per heavy atom. The monoisotopic (exact) mass is 286 g/mol. The molecule has 4 nitrogen and oxygen atoms in total. The fraction of sp³-hybridized carbons (Fsp3) is 0.353. The molecular weight excluding hydrogens is 264 g/mol. The highest BCUT2D eigenvalue weighted by Crippen LogP contribution is 2.32. The molecule has 0 amide bonds. The Bertz CT molecular complexity index is 730. The molecule has 21 heavy (non-hydrogen) atoms. The summed E-state index contributed by atoms with van der Waals surface area (Å²) in [7, 11) is 3.98. The molecule has 0 aliphatic rings. The number of benzene rings is 1. The predicted molar refractivity (Wildman–Crippen MR) is 87.3 cm³/mol. The maximum atomic E-state index is 12.0. The van der Waals surface area contributed by atoms with Gasteiger partial charge >= 0.3 is 0 Å². The number of rotatable bonds is 3. The first kappa shape index (κ1) is 15.2. The van der Waals surface area contributed by atoms with Crippen molar-refractivity contribution in [3.05, 3.63) is 45.2 Å². The number of aromatic amines is 1. The number of pyridine rings is 1. The number of hydrogen-bond donors (Lipinski definition) is 2. The van der Waals surface area contributed by atoms with E-state index in [9.17, 15) is 9.90 Å². The molecule has 2 rings (SSSR count). The van der Waals surface area contributed by atoms with Crippen LogP contribution in [0.4, 0.5) is 5.69 Å². The van der Waals surface area contributed by atoms with Gasteiger partial charge in [0.1, 0.15) is 5.75 Å². The molecule has 0 radical (unpaired) electrons. The van der Waals surface area contributed by atoms with Crippen molar-refractivity contribution in [1.29, 1.82) is 0 Å². The maximum absolute atomic E-state index is 12.0. The van der Waals surface area contributed by atoms with Crippen molar-refractivity contribution in [1.82, 2.24) is 4.98 Å². The molecule has 0 fully saturated rings. The molecule has 0 saturated carbocycles. The van der Waals surface area contributed by atoms with Gasteiger partial charge in [-0.25, -0.2) is 0 Å². The lowest BCUT2D eigenvalue weighted by Gasteiger charge is -2.17. The Kier molecular flexibility index (Phi) is 4.07. The average Bonchev–Trinajstić information content (AvgIpc) is 2.44. The fourth-order valence-corrected chi connectivity index (χ4v) is 2.52. The van der Waals surface area contributed by atoms with Crippen LogP contribution in [-0.4, -0.2) is 24.2 Å². The lowest BCUT2D eigenvalue weighted by molar-refractivity contribution is 0.463. The van der Waals surface area contributed by atoms with Gasteiger partial charge in [-0.1, -0.05) is 13.0 Å². The van der Waals surface area contributed by atoms with E-state index in [1.165, 1.54) is 0 Å². The van der Waals surface area contributed by atoms with Crippen LogP contribution in [0.2, 0.25) is 0 Å². The molecule has 0 saturated heterocycles. The van der Waals surface area contributed by atoms with E-state index in [0.717, 1.165) is 22.4 Å². The van der Waals surface area contributed by atoms with Crippen LogP contribution in [-0.2, 0) is 6.42 Å². The SMILES string of the molecule is CCc1c(-c2ccc(N(C)C)cc2C)[nH]c(=O)c(C)c1O. The van der Waals surface area contributed by atoms with Gasteiger partial charge in [0, 0.05) is 30.9 Å². The number of aryl methyl sites for hydroxylation is 1. The zero-order valence-corrected chi connectivity index (χ0v) is 13.2. The van der Waals surface area contributed by atoms with Crippen LogP contribution in [0.3, 0.4) is 0 Å². The highest BCUT2D eigenvalue weighted by Gasteiger charge is 2.16. The second kappa shape index (κ2) is 5.64. The van der Waals surface area contributed by atoms with Crippen LogP contribution < -0.4 is 10.5 Å². The first-order valence-corrected chi connectivity index (χ1v) is 7.09. The Hall–Kier alpha value is -2.23. The minimum atomic E-state index is -0.240. The van der Waals surface area contributed by atoms with Gasteiger partial charge in [0.25, 0.3) is 5.56 Å². The Balaban J connectivity index is 2.70. The highest BCUT2D eigenvalue weighted by molar-refractivity contribution is 5.72. The van der Waals surface area contributed by atoms with Crippen molar-refractivity contribution >= 4 is 5.69 Å². The van der Waals surface area contributed by atoms with Crippen LogP contribution >= 0.6 is 0 Å². The van der Waals surface area contributed by atoms with Crippen molar-refractivity contribution < 1.29 is 5.11 Å². The summed E-state index contributed by atoms with van der Waals surface area (Å²) in [6.45, 7) is 5.62. The zero-order chi connectivity index (χ0) is 15.7. The van der Waals surface area contributed by atoms with Crippen LogP contribution in [0.25, 0.3) is 11.3 Å². The molecule has 2 aromatic rings. The van der Waals surface area contributed by atoms with Crippen molar-refractivity contribution in [3.63, 3.8) is 0 Å². The summed E-state index contributed by atoms with van der Waals surface area (Å²) in [5, 5.41) is 10.2. The lowest BCUT2D eigenvalue weighted by atomic mass is 9.97. The standard InChI is InChI=1S/C17H22N2O2/c1-6-13-15(18-17(21)11(3)16(13)20)14-8-7-12(19(4)5)9-10(14)2/h7-9H,6H2,1-5H3,(H2,18,20,21). The molecule has 2 N–H and O–H groups in total. The lowest BCUT2D eigenvalue weighted by Crippen LogP contribution is -2.14. The van der Waals surface area contributed by atoms with E-state index >= 15 is 0 Å². The number of anilines is 1. The van der Waals surface area contributed by atoms with E-state index in [-0.39, 0.29) is 11.3 Å². The number of hydrogen-bond acceptors (Lipinski definition) is 3. The fourth-order valence-electron chi connectivity index (χ4n) is 2.52. The molecule has 0 unspecified atom stereocenters. The molecule has 1 aromatic carbocycles. The number of aromatic hydroxyl groups is 1. The molecule has 0 aliphatic heterocycles. The normalized spacial score (nSPS) is 10.7. The van der Waals surface area contributed by atoms with Gasteiger partial charge in [0.05, 0.1) is 11.3 Å². The van der Waals surface area contributed by atoms with Gasteiger partial charge in [0.15, 0.2) is 0 Å². The Morgan fingerprint density at radius 2 is 1.90 bits per heavy atom. The van der Waals surface area contributed by atoms with Crippen LogP contribution in [0.1, 0.15) is 23.6 Å². The topological polar surface area (TPSA) is 56.3 Å². The summed E-state index contributed by atoms with van der Waals surface area (Å²) < 4.78 is 0. The van der Waals surface area contributed by atoms with Crippen molar-refractivity contribution in [2.75, 3.05) is 19.0 Å². The van der Waals surface area contributed by atoms with Crippen LogP contribution in [0.15, 0.2) is 23.0 Å². The first-order valence-electron chi connectivity index (χ1n) is 7.09. The van der Waals surface area contributed by atoms with E-state index in [2.05, 4.69) is 11.1 Å². The van der Waals surface area contributed by atoms with E-state index < -0.39 is 0 Å². The predicted octanol–water partition coefficient (Wildman–Crippen LogP) is 2.99. The molecule has 0 atom stereocenters. The highest BCUT2D eigenvalue weighted by atomic mass is 16.3. The number of nitrogens with one attached hydrogen (secondary N) is 1. The van der Waals surface area contributed by atoms with Crippen LogP contribution in [0.5, 0.6) is 5.75 Å². The molecule has 4 heteroatoms. The van der Waals surface area contributed by atoms with Gasteiger partial charge in [0.2, 0.25) is 0 Å². The van der Waals surface area contributed by atoms with Crippen molar-refractivity contribution in [2.45, 2.75) is 27.2 Å². The Morgan fingerprint density at radius 1 is 1.24 bits per heavy atom. The number of nitrogens with zero attached hydrogens (tertiary/aromatic N) is 1. The molecule has 0 bridgehead atoms. The van der Waals surface area contributed by atoms with Gasteiger partial charge < -0.3 is 15.0 Å². The molecule has 0 aliphatic carbocycles. The van der Waals surface area contributed by atoms with Gasteiger partial charge in [-0.15, -0.1) is 0 Å². The largest absolute Gasteiger partial charge is 0.507 e. The minimum absolute atomic E-state index is 0.104. The Labute approximate surface area is 125 Å². The summed E-state index contributed by atoms with van der Waals surface area (Å²) in [6, 6.07) is 6.07. The molecule has 1 heterocycles. The summed E-state index contributed by atoms with van der Waals surface area (Å²) in [6.07, 6.45) is 0.660. The zero-order valence-electron chi connectivity index (χ0n) is 13.2. The second-order valence-electron chi connectivity index (χ2n) is 5.53. The molecular formula is C17H22N2O2. The smallest absolute Gasteiger partial charge is 0.255 e. The van der Waals surface area contributed by atoms with Gasteiger partial charge in [-0.2, -0.15) is 0 Å². The van der Waals surface area contributed by atoms with Gasteiger partial charge in [-0.3, -0.25) is 4.79 Å². The average molecular weight is 286 g/mol. The number of aromatic nitrogens is 1. The van der Waals surface area contributed by atoms with E-state index in [1.54, 1.807) is 6.92 Å². The summed E-state index contributed by atoms with van der Waals surface area (Å²) >= 11 is 0. The third-order valence-corrected chi connectivity index (χ3v) is 3.87. The summed E-state index contributed by atoms with van der Waals surface area (Å²) in [5.41, 5.74) is 4.75. The van der Waals surface area contributed by atoms with Crippen molar-refractivity contribution in [2.24, 2.45) is 0 Å². The third kappa shape index (κ3) is 2.66. The summed E-state index contributed by atoms with van der Waals surface area (Å²) in [4.78, 5) is 16.9. The minimum Gasteiger partial charge on any atom is -0.507 e. The van der Waals surface area contributed by atoms with Crippen molar-refractivity contribution in [3.8, 4) is 17.0 Å². The van der Waals surface area contributed by atoms with E-state index in [1.807, 2.05) is 45.0 Å². The summed E-state index contributed by atoms with van der Waals surface area (Å²) in [5.74, 6) is 0.104. The molecule has 112 valence electrons. The van der Waals surface area contributed by atoms with E-state index in [0.29, 0.717) is 17.7 Å². The van der Waals surface area contributed by atoms with Gasteiger partial charge in [-0.05, 0) is 38.0 Å².